The van der Waals surface area contributed by atoms with Crippen molar-refractivity contribution in [3.63, 3.8) is 0 Å². The molecule has 3 aromatic carbocycles. The van der Waals surface area contributed by atoms with Crippen LogP contribution in [0.25, 0.3) is 16.7 Å². The van der Waals surface area contributed by atoms with Gasteiger partial charge in [-0.05, 0) is 48.4 Å². The fourth-order valence-electron chi connectivity index (χ4n) is 4.96. The molecule has 1 aliphatic rings. The van der Waals surface area contributed by atoms with Crippen molar-refractivity contribution in [2.45, 2.75) is 12.8 Å². The van der Waals surface area contributed by atoms with Gasteiger partial charge < -0.3 is 19.9 Å². The highest BCUT2D eigenvalue weighted by Crippen LogP contribution is 2.44. The van der Waals surface area contributed by atoms with Gasteiger partial charge >= 0.3 is 11.9 Å². The molecule has 212 valence electrons. The number of rotatable bonds is 6. The Hall–Kier alpha value is -5.34. The van der Waals surface area contributed by atoms with Crippen molar-refractivity contribution >= 4 is 40.3 Å². The lowest BCUT2D eigenvalue weighted by Gasteiger charge is -2.36. The first kappa shape index (κ1) is 28.2. The molecular weight excluding hydrogens is 560 g/mol. The molecule has 11 nitrogen and oxygen atoms in total. The van der Waals surface area contributed by atoms with Crippen molar-refractivity contribution in [1.29, 1.82) is 5.26 Å². The van der Waals surface area contributed by atoms with Crippen molar-refractivity contribution in [2.75, 3.05) is 26.2 Å². The zero-order valence-corrected chi connectivity index (χ0v) is 23.8. The zero-order chi connectivity index (χ0) is 30.1. The second kappa shape index (κ2) is 11.3. The molecule has 1 aromatic heterocycles. The molecule has 0 bridgehead atoms. The number of carbonyl (C=O) groups excluding carboxylic acids is 2. The lowest BCUT2D eigenvalue weighted by molar-refractivity contribution is -0.139. The molecule has 0 saturated heterocycles. The number of ether oxygens (including phenoxy) is 3. The summed E-state index contributed by atoms with van der Waals surface area (Å²) < 4.78 is 15.5. The van der Waals surface area contributed by atoms with Crippen molar-refractivity contribution in [3.8, 4) is 17.5 Å². The average Bonchev–Trinajstić information content (AvgIpc) is 3.42. The van der Waals surface area contributed by atoms with Crippen LogP contribution >= 0.6 is 11.6 Å². The second-order valence-electron chi connectivity index (χ2n) is 9.27. The summed E-state index contributed by atoms with van der Waals surface area (Å²) in [4.78, 5) is 29.5. The van der Waals surface area contributed by atoms with Crippen LogP contribution in [0.3, 0.4) is 0 Å². The minimum absolute atomic E-state index is 0.0452. The second-order valence-corrected chi connectivity index (χ2v) is 9.68. The fraction of sp³-hybridized carbons (Fsp3) is 0.167. The monoisotopic (exact) mass is 584 g/mol. The lowest BCUT2D eigenvalue weighted by Crippen LogP contribution is -2.41. The zero-order valence-electron chi connectivity index (χ0n) is 23.1. The third kappa shape index (κ3) is 4.67. The molecule has 1 unspecified atom stereocenters. The summed E-state index contributed by atoms with van der Waals surface area (Å²) in [6.45, 7) is 1.79. The van der Waals surface area contributed by atoms with Crippen molar-refractivity contribution in [2.24, 2.45) is 5.73 Å². The van der Waals surface area contributed by atoms with Crippen LogP contribution in [0.1, 0.15) is 17.0 Å². The van der Waals surface area contributed by atoms with Crippen LogP contribution in [0.15, 0.2) is 83.3 Å². The molecule has 1 aliphatic heterocycles. The number of nitriles is 1. The summed E-state index contributed by atoms with van der Waals surface area (Å²) in [5, 5.41) is 19.8. The van der Waals surface area contributed by atoms with Crippen LogP contribution in [-0.2, 0) is 19.1 Å². The summed E-state index contributed by atoms with van der Waals surface area (Å²) >= 11 is 6.31. The van der Waals surface area contributed by atoms with E-state index in [1.807, 2.05) is 0 Å². The number of fused-ring (bicyclic) bond motifs is 1. The molecule has 0 aliphatic carbocycles. The number of benzene rings is 3. The molecule has 0 amide bonds. The Balaban J connectivity index is 1.75. The van der Waals surface area contributed by atoms with Crippen LogP contribution in [0, 0.1) is 18.3 Å². The van der Waals surface area contributed by atoms with Crippen molar-refractivity contribution in [1.82, 2.24) is 15.0 Å². The van der Waals surface area contributed by atoms with Gasteiger partial charge in [-0.2, -0.15) is 10.1 Å². The number of nitrogens with two attached hydrogens (primary N) is 1. The summed E-state index contributed by atoms with van der Waals surface area (Å²) in [5.74, 6) is -2.16. The van der Waals surface area contributed by atoms with Gasteiger partial charge in [0, 0.05) is 0 Å². The SMILES string of the molecule is COC(=O)C1=C(C(=O)OC)N(c2cc3nn(-c4ccc(OC)c(Cl)c4)nc3cc2C)C(N)=C(C#N)C1c1ccccc1. The van der Waals surface area contributed by atoms with Gasteiger partial charge in [-0.3, -0.25) is 4.90 Å². The number of nitrogens with zero attached hydrogens (tertiary/aromatic N) is 5. The van der Waals surface area contributed by atoms with E-state index in [-0.39, 0.29) is 22.7 Å². The van der Waals surface area contributed by atoms with Crippen molar-refractivity contribution < 1.29 is 23.8 Å². The van der Waals surface area contributed by atoms with Gasteiger partial charge in [-0.15, -0.1) is 10.2 Å². The highest BCUT2D eigenvalue weighted by atomic mass is 35.5. The summed E-state index contributed by atoms with van der Waals surface area (Å²) in [6.07, 6.45) is 0. The number of methoxy groups -OCH3 is 3. The van der Waals surface area contributed by atoms with Gasteiger partial charge in [0.2, 0.25) is 0 Å². The molecular formula is C30H25ClN6O5. The van der Waals surface area contributed by atoms with Gasteiger partial charge in [0.15, 0.2) is 0 Å². The average molecular weight is 585 g/mol. The Kier molecular flexibility index (Phi) is 7.56. The van der Waals surface area contributed by atoms with Gasteiger partial charge in [-0.25, -0.2) is 9.59 Å². The number of aromatic nitrogens is 3. The van der Waals surface area contributed by atoms with Crippen LogP contribution < -0.4 is 15.4 Å². The normalized spacial score (nSPS) is 15.0. The molecule has 1 atom stereocenters. The van der Waals surface area contributed by atoms with Gasteiger partial charge in [0.05, 0.1) is 60.9 Å². The summed E-state index contributed by atoms with van der Waals surface area (Å²) in [5.41, 5.74) is 9.63. The highest BCUT2D eigenvalue weighted by molar-refractivity contribution is 6.32. The Morgan fingerprint density at radius 1 is 0.976 bits per heavy atom. The van der Waals surface area contributed by atoms with E-state index in [0.29, 0.717) is 44.3 Å². The Labute approximate surface area is 245 Å². The summed E-state index contributed by atoms with van der Waals surface area (Å²) in [7, 11) is 3.92. The number of carbonyl (C=O) groups is 2. The lowest BCUT2D eigenvalue weighted by atomic mass is 9.80. The first-order valence-corrected chi connectivity index (χ1v) is 13.0. The minimum atomic E-state index is -0.973. The topological polar surface area (TPSA) is 146 Å². The molecule has 42 heavy (non-hydrogen) atoms. The first-order valence-electron chi connectivity index (χ1n) is 12.6. The van der Waals surface area contributed by atoms with E-state index in [4.69, 9.17) is 31.5 Å². The van der Waals surface area contributed by atoms with Crippen LogP contribution in [0.2, 0.25) is 5.02 Å². The Morgan fingerprint density at radius 2 is 1.64 bits per heavy atom. The van der Waals surface area contributed by atoms with Crippen LogP contribution in [0.4, 0.5) is 5.69 Å². The Bertz CT molecular complexity index is 1840. The highest BCUT2D eigenvalue weighted by Gasteiger charge is 2.43. The molecule has 0 radical (unpaired) electrons. The maximum absolute atomic E-state index is 13.4. The number of esters is 2. The molecule has 2 heterocycles. The molecule has 0 fully saturated rings. The molecule has 5 rings (SSSR count). The molecule has 4 aromatic rings. The third-order valence-electron chi connectivity index (χ3n) is 6.92. The van der Waals surface area contributed by atoms with E-state index in [1.54, 1.807) is 67.6 Å². The number of halogens is 1. The van der Waals surface area contributed by atoms with Crippen LogP contribution in [0.5, 0.6) is 5.75 Å². The number of anilines is 1. The van der Waals surface area contributed by atoms with E-state index >= 15 is 0 Å². The number of aryl methyl sites for hydroxylation is 1. The van der Waals surface area contributed by atoms with E-state index in [9.17, 15) is 14.9 Å². The van der Waals surface area contributed by atoms with E-state index in [1.165, 1.54) is 31.0 Å². The van der Waals surface area contributed by atoms with E-state index < -0.39 is 17.9 Å². The van der Waals surface area contributed by atoms with E-state index in [2.05, 4.69) is 16.3 Å². The van der Waals surface area contributed by atoms with Gasteiger partial charge in [0.25, 0.3) is 0 Å². The fourth-order valence-corrected chi connectivity index (χ4v) is 5.21. The maximum Gasteiger partial charge on any atom is 0.355 e. The molecule has 0 saturated carbocycles. The standard InChI is InChI=1S/C30H25ClN6O5/c1-16-12-21-22(35-37(34-21)18-10-11-24(40-2)20(31)13-18)14-23(16)36-27(30(39)42-4)26(29(38)41-3)25(19(15-32)28(36)33)17-8-6-5-7-9-17/h5-14,25H,33H2,1-4H3. The minimum Gasteiger partial charge on any atom is -0.495 e. The molecule has 2 N–H and O–H groups in total. The van der Waals surface area contributed by atoms with Crippen molar-refractivity contribution in [3.05, 3.63) is 99.5 Å². The third-order valence-corrected chi connectivity index (χ3v) is 7.21. The Morgan fingerprint density at radius 3 is 2.24 bits per heavy atom. The number of allylic oxidation sites excluding steroid dienone is 1. The van der Waals surface area contributed by atoms with E-state index in [0.717, 1.165) is 0 Å². The number of hydrogen-bond donors (Lipinski definition) is 1. The molecule has 0 spiro atoms. The molecule has 12 heteroatoms. The van der Waals surface area contributed by atoms with Gasteiger partial charge in [-0.1, -0.05) is 41.9 Å². The first-order chi connectivity index (χ1) is 20.2. The van der Waals surface area contributed by atoms with Crippen LogP contribution in [-0.4, -0.2) is 48.3 Å². The smallest absolute Gasteiger partial charge is 0.355 e. The summed E-state index contributed by atoms with van der Waals surface area (Å²) in [6, 6.07) is 19.5. The predicted molar refractivity (Wildman–Crippen MR) is 155 cm³/mol. The quantitative estimate of drug-likeness (QED) is 0.326. The maximum atomic E-state index is 13.4. The van der Waals surface area contributed by atoms with Gasteiger partial charge in [0.1, 0.15) is 28.3 Å². The largest absolute Gasteiger partial charge is 0.495 e. The number of hydrogen-bond acceptors (Lipinski definition) is 10. The predicted octanol–water partition coefficient (Wildman–Crippen LogP) is 4.29.